The van der Waals surface area contributed by atoms with E-state index in [1.165, 1.54) is 0 Å². The van der Waals surface area contributed by atoms with Crippen molar-refractivity contribution in [3.05, 3.63) is 47.5 Å². The lowest BCUT2D eigenvalue weighted by molar-refractivity contribution is -0.119. The second kappa shape index (κ2) is 5.97. The van der Waals surface area contributed by atoms with Crippen LogP contribution in [0.4, 0.5) is 17.1 Å². The first-order chi connectivity index (χ1) is 12.1. The van der Waals surface area contributed by atoms with Crippen LogP contribution in [0.1, 0.15) is 30.1 Å². The van der Waals surface area contributed by atoms with Gasteiger partial charge in [-0.05, 0) is 42.3 Å². The number of methoxy groups -OCH3 is 1. The molecule has 2 aliphatic heterocycles. The Labute approximate surface area is 146 Å². The number of ether oxygens (including phenoxy) is 1. The Morgan fingerprint density at radius 1 is 1.16 bits per heavy atom. The Bertz CT molecular complexity index is 819. The van der Waals surface area contributed by atoms with E-state index in [-0.39, 0.29) is 23.7 Å². The number of fused-ring (bicyclic) bond motifs is 2. The van der Waals surface area contributed by atoms with Crippen LogP contribution in [0, 0.1) is 0 Å². The van der Waals surface area contributed by atoms with Crippen LogP contribution in [0.3, 0.4) is 0 Å². The standard InChI is InChI=1S/C19H21N3O3/c1-11-14-9-15-16(10-17(14)22(19(11)24)7-8-25-2)21-18(20-15)12-3-5-13(23)6-4-12/h3-6,9-11,18,20-21,23H,7-8H2,1-2H3. The van der Waals surface area contributed by atoms with Gasteiger partial charge in [0, 0.05) is 19.3 Å². The normalized spacial score (nSPS) is 20.9. The summed E-state index contributed by atoms with van der Waals surface area (Å²) in [5.74, 6) is 0.219. The van der Waals surface area contributed by atoms with Gasteiger partial charge in [-0.1, -0.05) is 12.1 Å². The molecular formula is C19H21N3O3. The van der Waals surface area contributed by atoms with Crippen LogP contribution in [0.5, 0.6) is 5.75 Å². The number of nitrogens with one attached hydrogen (secondary N) is 2. The topological polar surface area (TPSA) is 73.8 Å². The molecule has 2 aromatic carbocycles. The maximum Gasteiger partial charge on any atom is 0.234 e. The number of hydrogen-bond acceptors (Lipinski definition) is 5. The summed E-state index contributed by atoms with van der Waals surface area (Å²) in [7, 11) is 1.64. The summed E-state index contributed by atoms with van der Waals surface area (Å²) in [4.78, 5) is 14.3. The second-order valence-electron chi connectivity index (χ2n) is 6.47. The van der Waals surface area contributed by atoms with E-state index in [9.17, 15) is 9.90 Å². The molecule has 4 rings (SSSR count). The first kappa shape index (κ1) is 15.8. The second-order valence-corrected chi connectivity index (χ2v) is 6.47. The van der Waals surface area contributed by atoms with Crippen molar-refractivity contribution in [2.75, 3.05) is 35.8 Å². The highest BCUT2D eigenvalue weighted by Gasteiger charge is 2.36. The number of anilines is 3. The number of aromatic hydroxyl groups is 1. The first-order valence-electron chi connectivity index (χ1n) is 8.38. The van der Waals surface area contributed by atoms with Crippen molar-refractivity contribution in [2.45, 2.75) is 19.0 Å². The van der Waals surface area contributed by atoms with Gasteiger partial charge < -0.3 is 25.4 Å². The summed E-state index contributed by atoms with van der Waals surface area (Å²) in [6.07, 6.45) is -0.0587. The van der Waals surface area contributed by atoms with Crippen molar-refractivity contribution >= 4 is 23.0 Å². The van der Waals surface area contributed by atoms with Crippen molar-refractivity contribution < 1.29 is 14.6 Å². The molecular weight excluding hydrogens is 318 g/mol. The van der Waals surface area contributed by atoms with E-state index >= 15 is 0 Å². The molecule has 0 radical (unpaired) electrons. The van der Waals surface area contributed by atoms with Crippen LogP contribution >= 0.6 is 0 Å². The smallest absolute Gasteiger partial charge is 0.234 e. The van der Waals surface area contributed by atoms with E-state index in [0.717, 1.165) is 28.2 Å². The Morgan fingerprint density at radius 3 is 2.52 bits per heavy atom. The molecule has 6 nitrogen and oxygen atoms in total. The molecule has 1 amide bonds. The number of hydrogen-bond donors (Lipinski definition) is 3. The molecule has 0 spiro atoms. The van der Waals surface area contributed by atoms with Crippen LogP contribution in [0.15, 0.2) is 36.4 Å². The van der Waals surface area contributed by atoms with E-state index in [0.29, 0.717) is 13.2 Å². The van der Waals surface area contributed by atoms with Gasteiger partial charge in [0.2, 0.25) is 5.91 Å². The largest absolute Gasteiger partial charge is 0.508 e. The van der Waals surface area contributed by atoms with Crippen LogP contribution in [0.2, 0.25) is 0 Å². The monoisotopic (exact) mass is 339 g/mol. The Hall–Kier alpha value is -2.73. The summed E-state index contributed by atoms with van der Waals surface area (Å²) in [5, 5.41) is 16.3. The number of carbonyl (C=O) groups excluding carboxylic acids is 1. The molecule has 2 aliphatic rings. The van der Waals surface area contributed by atoms with Gasteiger partial charge in [-0.25, -0.2) is 0 Å². The third kappa shape index (κ3) is 2.59. The SMILES string of the molecule is COCCN1C(=O)C(C)c2cc3c(cc21)NC(c1ccc(O)cc1)N3. The third-order valence-electron chi connectivity index (χ3n) is 4.91. The number of benzene rings is 2. The first-order valence-corrected chi connectivity index (χ1v) is 8.38. The molecule has 0 saturated carbocycles. The molecule has 3 N–H and O–H groups in total. The maximum atomic E-state index is 12.5. The highest BCUT2D eigenvalue weighted by Crippen LogP contribution is 2.45. The summed E-state index contributed by atoms with van der Waals surface area (Å²) in [6.45, 7) is 3.01. The highest BCUT2D eigenvalue weighted by molar-refractivity contribution is 6.06. The average molecular weight is 339 g/mol. The highest BCUT2D eigenvalue weighted by atomic mass is 16.5. The fraction of sp³-hybridized carbons (Fsp3) is 0.316. The number of phenolic OH excluding ortho intramolecular Hbond substituents is 1. The predicted molar refractivity (Wildman–Crippen MR) is 97.2 cm³/mol. The lowest BCUT2D eigenvalue weighted by Crippen LogP contribution is -2.31. The zero-order valence-electron chi connectivity index (χ0n) is 14.2. The molecule has 2 heterocycles. The van der Waals surface area contributed by atoms with Gasteiger partial charge in [0.05, 0.1) is 23.9 Å². The van der Waals surface area contributed by atoms with Crippen molar-refractivity contribution in [1.82, 2.24) is 0 Å². The van der Waals surface area contributed by atoms with Gasteiger partial charge in [-0.3, -0.25) is 4.79 Å². The maximum absolute atomic E-state index is 12.5. The lowest BCUT2D eigenvalue weighted by atomic mass is 10.0. The van der Waals surface area contributed by atoms with Crippen LogP contribution in [-0.2, 0) is 9.53 Å². The Balaban J connectivity index is 1.64. The molecule has 6 heteroatoms. The quantitative estimate of drug-likeness (QED) is 0.798. The van der Waals surface area contributed by atoms with Crippen LogP contribution in [-0.4, -0.2) is 31.3 Å². The zero-order chi connectivity index (χ0) is 17.6. The van der Waals surface area contributed by atoms with E-state index < -0.39 is 0 Å². The minimum Gasteiger partial charge on any atom is -0.508 e. The van der Waals surface area contributed by atoms with Crippen molar-refractivity contribution in [3.63, 3.8) is 0 Å². The van der Waals surface area contributed by atoms with Gasteiger partial charge in [-0.15, -0.1) is 0 Å². The lowest BCUT2D eigenvalue weighted by Gasteiger charge is -2.17. The molecule has 2 atom stereocenters. The summed E-state index contributed by atoms with van der Waals surface area (Å²) in [5.41, 5.74) is 5.00. The van der Waals surface area contributed by atoms with Gasteiger partial charge >= 0.3 is 0 Å². The number of phenols is 1. The van der Waals surface area contributed by atoms with E-state index in [1.54, 1.807) is 24.1 Å². The molecule has 2 aromatic rings. The summed E-state index contributed by atoms with van der Waals surface area (Å²) < 4.78 is 5.14. The summed E-state index contributed by atoms with van der Waals surface area (Å²) in [6, 6.07) is 11.2. The molecule has 0 saturated heterocycles. The molecule has 0 fully saturated rings. The van der Waals surface area contributed by atoms with E-state index in [4.69, 9.17) is 4.74 Å². The van der Waals surface area contributed by atoms with Crippen LogP contribution < -0.4 is 15.5 Å². The Kier molecular flexibility index (Phi) is 3.77. The third-order valence-corrected chi connectivity index (χ3v) is 4.91. The molecule has 0 bridgehead atoms. The fourth-order valence-electron chi connectivity index (χ4n) is 3.50. The van der Waals surface area contributed by atoms with Crippen molar-refractivity contribution in [3.8, 4) is 5.75 Å². The predicted octanol–water partition coefficient (Wildman–Crippen LogP) is 3.02. The van der Waals surface area contributed by atoms with Gasteiger partial charge in [0.1, 0.15) is 11.9 Å². The van der Waals surface area contributed by atoms with Crippen molar-refractivity contribution in [2.24, 2.45) is 0 Å². The molecule has 0 aromatic heterocycles. The number of carbonyl (C=O) groups is 1. The molecule has 130 valence electrons. The van der Waals surface area contributed by atoms with E-state index in [1.807, 2.05) is 25.1 Å². The van der Waals surface area contributed by atoms with Gasteiger partial charge in [0.25, 0.3) is 0 Å². The average Bonchev–Trinajstić information content (AvgIpc) is 3.12. The van der Waals surface area contributed by atoms with Gasteiger partial charge in [-0.2, -0.15) is 0 Å². The van der Waals surface area contributed by atoms with Crippen molar-refractivity contribution in [1.29, 1.82) is 0 Å². The molecule has 2 unspecified atom stereocenters. The Morgan fingerprint density at radius 2 is 1.84 bits per heavy atom. The van der Waals surface area contributed by atoms with E-state index in [2.05, 4.69) is 16.7 Å². The molecule has 25 heavy (non-hydrogen) atoms. The minimum atomic E-state index is -0.147. The zero-order valence-corrected chi connectivity index (χ0v) is 14.2. The van der Waals surface area contributed by atoms with Gasteiger partial charge in [0.15, 0.2) is 0 Å². The summed E-state index contributed by atoms with van der Waals surface area (Å²) >= 11 is 0. The number of rotatable bonds is 4. The fourth-order valence-corrected chi connectivity index (χ4v) is 3.50. The minimum absolute atomic E-state index is 0.0587. The van der Waals surface area contributed by atoms with Crippen LogP contribution in [0.25, 0.3) is 0 Å². The number of amides is 1. The number of nitrogens with zero attached hydrogens (tertiary/aromatic N) is 1. The molecule has 0 aliphatic carbocycles.